The normalized spacial score (nSPS) is 10.7. The predicted octanol–water partition coefficient (Wildman–Crippen LogP) is 3.60. The van der Waals surface area contributed by atoms with Crippen molar-refractivity contribution in [1.82, 2.24) is 9.78 Å². The molecular weight excluding hydrogens is 276 g/mol. The Morgan fingerprint density at radius 3 is 2.00 bits per heavy atom. The first-order valence-corrected chi connectivity index (χ1v) is 6.35. The molecule has 2 aromatic carbocycles. The lowest BCUT2D eigenvalue weighted by molar-refractivity contribution is 0.475. The molecule has 20 heavy (non-hydrogen) atoms. The van der Waals surface area contributed by atoms with Gasteiger partial charge in [0.25, 0.3) is 0 Å². The van der Waals surface area contributed by atoms with E-state index in [-0.39, 0.29) is 11.5 Å². The van der Waals surface area contributed by atoms with Crippen LogP contribution in [0.5, 0.6) is 11.5 Å². The molecule has 1 heterocycles. The lowest BCUT2D eigenvalue weighted by atomic mass is 10.1. The molecule has 0 aliphatic carbocycles. The van der Waals surface area contributed by atoms with Gasteiger partial charge in [0, 0.05) is 5.56 Å². The average Bonchev–Trinajstić information content (AvgIpc) is 2.82. The van der Waals surface area contributed by atoms with Crippen LogP contribution in [0.25, 0.3) is 16.9 Å². The molecule has 0 saturated heterocycles. The molecule has 0 amide bonds. The van der Waals surface area contributed by atoms with Crippen LogP contribution in [-0.2, 0) is 0 Å². The first-order valence-electron chi connectivity index (χ1n) is 5.97. The van der Waals surface area contributed by atoms with Crippen molar-refractivity contribution < 1.29 is 10.2 Å². The minimum absolute atomic E-state index is 0.197. The molecule has 0 unspecified atom stereocenters. The monoisotopic (exact) mass is 286 g/mol. The summed E-state index contributed by atoms with van der Waals surface area (Å²) in [5, 5.41) is 23.5. The summed E-state index contributed by atoms with van der Waals surface area (Å²) in [4.78, 5) is 0. The van der Waals surface area contributed by atoms with Crippen LogP contribution in [0.4, 0.5) is 0 Å². The molecule has 0 atom stereocenters. The standard InChI is InChI=1S/C15H11ClN2O2/c16-14-9-18(11-3-7-13(20)8-4-11)17-15(14)10-1-5-12(19)6-2-10/h1-9,19-20H. The third-order valence-corrected chi connectivity index (χ3v) is 3.20. The highest BCUT2D eigenvalue weighted by atomic mass is 35.5. The summed E-state index contributed by atoms with van der Waals surface area (Å²) in [6, 6.07) is 13.4. The van der Waals surface area contributed by atoms with Crippen molar-refractivity contribution in [3.8, 4) is 28.4 Å². The van der Waals surface area contributed by atoms with Crippen LogP contribution < -0.4 is 0 Å². The largest absolute Gasteiger partial charge is 0.508 e. The summed E-state index contributed by atoms with van der Waals surface area (Å²) in [7, 11) is 0. The number of hydrogen-bond acceptors (Lipinski definition) is 3. The van der Waals surface area contributed by atoms with Crippen LogP contribution in [0.2, 0.25) is 5.02 Å². The van der Waals surface area contributed by atoms with Crippen molar-refractivity contribution >= 4 is 11.6 Å². The van der Waals surface area contributed by atoms with Gasteiger partial charge in [-0.1, -0.05) is 11.6 Å². The Hall–Kier alpha value is -2.46. The topological polar surface area (TPSA) is 58.3 Å². The van der Waals surface area contributed by atoms with Gasteiger partial charge in [-0.2, -0.15) is 5.10 Å². The van der Waals surface area contributed by atoms with Gasteiger partial charge in [0.1, 0.15) is 17.2 Å². The zero-order valence-corrected chi connectivity index (χ0v) is 11.1. The van der Waals surface area contributed by atoms with Gasteiger partial charge in [0.15, 0.2) is 0 Å². The van der Waals surface area contributed by atoms with Crippen molar-refractivity contribution in [3.63, 3.8) is 0 Å². The molecule has 4 nitrogen and oxygen atoms in total. The van der Waals surface area contributed by atoms with E-state index in [1.165, 1.54) is 0 Å². The van der Waals surface area contributed by atoms with Crippen LogP contribution in [0.1, 0.15) is 0 Å². The maximum atomic E-state index is 9.30. The zero-order valence-electron chi connectivity index (χ0n) is 10.4. The van der Waals surface area contributed by atoms with Crippen LogP contribution in [0.3, 0.4) is 0 Å². The molecule has 1 aromatic heterocycles. The molecule has 0 aliphatic heterocycles. The van der Waals surface area contributed by atoms with Gasteiger partial charge in [0.05, 0.1) is 16.9 Å². The number of phenols is 2. The summed E-state index contributed by atoms with van der Waals surface area (Å²) in [5.41, 5.74) is 2.26. The summed E-state index contributed by atoms with van der Waals surface area (Å²) in [5.74, 6) is 0.397. The molecule has 3 rings (SSSR count). The zero-order chi connectivity index (χ0) is 14.1. The molecule has 0 radical (unpaired) electrons. The summed E-state index contributed by atoms with van der Waals surface area (Å²) < 4.78 is 1.64. The molecule has 2 N–H and O–H groups in total. The average molecular weight is 287 g/mol. The summed E-state index contributed by atoms with van der Waals surface area (Å²) >= 11 is 6.21. The smallest absolute Gasteiger partial charge is 0.115 e. The van der Waals surface area contributed by atoms with Crippen LogP contribution in [0.15, 0.2) is 54.7 Å². The van der Waals surface area contributed by atoms with E-state index >= 15 is 0 Å². The van der Waals surface area contributed by atoms with Gasteiger partial charge in [0.2, 0.25) is 0 Å². The molecule has 0 fully saturated rings. The van der Waals surface area contributed by atoms with E-state index in [0.717, 1.165) is 11.3 Å². The van der Waals surface area contributed by atoms with Crippen molar-refractivity contribution in [2.45, 2.75) is 0 Å². The van der Waals surface area contributed by atoms with Gasteiger partial charge in [-0.3, -0.25) is 0 Å². The Bertz CT molecular complexity index is 734. The third-order valence-electron chi connectivity index (χ3n) is 2.92. The number of benzene rings is 2. The molecule has 100 valence electrons. The fraction of sp³-hybridized carbons (Fsp3) is 0. The van der Waals surface area contributed by atoms with Crippen LogP contribution in [0, 0.1) is 0 Å². The first kappa shape index (κ1) is 12.6. The molecular formula is C15H11ClN2O2. The van der Waals surface area contributed by atoms with E-state index in [4.69, 9.17) is 11.6 Å². The van der Waals surface area contributed by atoms with E-state index in [1.54, 1.807) is 59.4 Å². The van der Waals surface area contributed by atoms with E-state index in [0.29, 0.717) is 10.7 Å². The molecule has 0 spiro atoms. The Kier molecular flexibility index (Phi) is 3.08. The van der Waals surface area contributed by atoms with Crippen molar-refractivity contribution in [3.05, 3.63) is 59.8 Å². The maximum absolute atomic E-state index is 9.30. The molecule has 0 bridgehead atoms. The summed E-state index contributed by atoms with van der Waals surface area (Å²) in [6.45, 7) is 0. The highest BCUT2D eigenvalue weighted by Crippen LogP contribution is 2.28. The Morgan fingerprint density at radius 2 is 1.40 bits per heavy atom. The number of rotatable bonds is 2. The highest BCUT2D eigenvalue weighted by molar-refractivity contribution is 6.33. The minimum atomic E-state index is 0.197. The van der Waals surface area contributed by atoms with Crippen molar-refractivity contribution in [2.24, 2.45) is 0 Å². The summed E-state index contributed by atoms with van der Waals surface area (Å²) in [6.07, 6.45) is 1.70. The minimum Gasteiger partial charge on any atom is -0.508 e. The second-order valence-electron chi connectivity index (χ2n) is 4.33. The SMILES string of the molecule is Oc1ccc(-c2nn(-c3ccc(O)cc3)cc2Cl)cc1. The molecule has 0 aliphatic rings. The fourth-order valence-corrected chi connectivity index (χ4v) is 2.14. The number of aromatic hydroxyl groups is 2. The van der Waals surface area contributed by atoms with Crippen molar-refractivity contribution in [2.75, 3.05) is 0 Å². The molecule has 3 aromatic rings. The van der Waals surface area contributed by atoms with E-state index < -0.39 is 0 Å². The number of phenolic OH excluding ortho intramolecular Hbond substituents is 2. The Labute approximate surface area is 120 Å². The quantitative estimate of drug-likeness (QED) is 0.757. The second-order valence-corrected chi connectivity index (χ2v) is 4.74. The van der Waals surface area contributed by atoms with Gasteiger partial charge < -0.3 is 10.2 Å². The van der Waals surface area contributed by atoms with E-state index in [9.17, 15) is 10.2 Å². The van der Waals surface area contributed by atoms with Crippen molar-refractivity contribution in [1.29, 1.82) is 0 Å². The number of aromatic nitrogens is 2. The maximum Gasteiger partial charge on any atom is 0.115 e. The van der Waals surface area contributed by atoms with Gasteiger partial charge in [-0.15, -0.1) is 0 Å². The first-order chi connectivity index (χ1) is 9.63. The van der Waals surface area contributed by atoms with E-state index in [1.807, 2.05) is 0 Å². The Balaban J connectivity index is 2.02. The van der Waals surface area contributed by atoms with Gasteiger partial charge >= 0.3 is 0 Å². The van der Waals surface area contributed by atoms with Crippen LogP contribution in [-0.4, -0.2) is 20.0 Å². The molecule has 0 saturated carbocycles. The van der Waals surface area contributed by atoms with Crippen LogP contribution >= 0.6 is 11.6 Å². The third kappa shape index (κ3) is 2.33. The number of nitrogens with zero attached hydrogens (tertiary/aromatic N) is 2. The van der Waals surface area contributed by atoms with Gasteiger partial charge in [-0.05, 0) is 48.5 Å². The number of halogens is 1. The highest BCUT2D eigenvalue weighted by Gasteiger charge is 2.10. The lowest BCUT2D eigenvalue weighted by Crippen LogP contribution is -1.94. The molecule has 5 heteroatoms. The second kappa shape index (κ2) is 4.90. The lowest BCUT2D eigenvalue weighted by Gasteiger charge is -2.01. The fourth-order valence-electron chi connectivity index (χ4n) is 1.91. The van der Waals surface area contributed by atoms with E-state index in [2.05, 4.69) is 5.10 Å². The number of hydrogen-bond donors (Lipinski definition) is 2. The predicted molar refractivity (Wildman–Crippen MR) is 77.3 cm³/mol. The van der Waals surface area contributed by atoms with Gasteiger partial charge in [-0.25, -0.2) is 4.68 Å². The Morgan fingerprint density at radius 1 is 0.850 bits per heavy atom.